The monoisotopic (exact) mass is 110 g/mol. The van der Waals surface area contributed by atoms with E-state index in [1.807, 2.05) is 18.6 Å². The second-order valence-electron chi connectivity index (χ2n) is 1.84. The van der Waals surface area contributed by atoms with Crippen LogP contribution in [0.4, 0.5) is 0 Å². The van der Waals surface area contributed by atoms with Gasteiger partial charge in [-0.15, -0.1) is 0 Å². The molecular formula is C5H8N3. The number of hydrazine groups is 1. The molecule has 0 bridgehead atoms. The molecule has 0 aliphatic carbocycles. The van der Waals surface area contributed by atoms with Gasteiger partial charge in [0.05, 0.1) is 6.07 Å². The van der Waals surface area contributed by atoms with Crippen molar-refractivity contribution >= 4 is 0 Å². The number of nitrogens with zero attached hydrogens (tertiary/aromatic N) is 2. The van der Waals surface area contributed by atoms with Crippen LogP contribution in [0.5, 0.6) is 0 Å². The van der Waals surface area contributed by atoms with Crippen molar-refractivity contribution in [2.45, 2.75) is 12.5 Å². The third-order valence-corrected chi connectivity index (χ3v) is 1.13. The minimum absolute atomic E-state index is 0.000000000000000222. The summed E-state index contributed by atoms with van der Waals surface area (Å²) in [5.74, 6) is 0. The van der Waals surface area contributed by atoms with Gasteiger partial charge in [-0.2, -0.15) is 5.26 Å². The summed E-state index contributed by atoms with van der Waals surface area (Å²) in [5, 5.41) is 10.1. The lowest BCUT2D eigenvalue weighted by atomic mass is 10.3. The van der Waals surface area contributed by atoms with E-state index in [1.54, 1.807) is 0 Å². The molecule has 1 radical (unpaired) electrons. The second kappa shape index (κ2) is 2.12. The molecule has 1 aliphatic rings. The number of rotatable bonds is 0. The number of hydrogen-bond donors (Lipinski definition) is 1. The molecule has 1 unspecified atom stereocenters. The van der Waals surface area contributed by atoms with Crippen molar-refractivity contribution in [3.63, 3.8) is 0 Å². The van der Waals surface area contributed by atoms with Crippen molar-refractivity contribution < 1.29 is 0 Å². The Kier molecular flexibility index (Phi) is 1.47. The van der Waals surface area contributed by atoms with Gasteiger partial charge in [-0.3, -0.25) is 0 Å². The molecule has 1 atom stereocenters. The minimum Gasteiger partial charge on any atom is -0.241 e. The van der Waals surface area contributed by atoms with Crippen LogP contribution in [-0.4, -0.2) is 18.1 Å². The Morgan fingerprint density at radius 3 is 3.00 bits per heavy atom. The molecule has 0 aromatic rings. The van der Waals surface area contributed by atoms with Crippen LogP contribution in [0.25, 0.3) is 0 Å². The van der Waals surface area contributed by atoms with Crippen LogP contribution < -0.4 is 5.43 Å². The molecule has 3 heteroatoms. The maximum atomic E-state index is 8.32. The summed E-state index contributed by atoms with van der Waals surface area (Å²) in [7, 11) is 1.89. The standard InChI is InChI=1S/C5H8N3/c1-8-3-2-5(4-6)7-8/h3,5,7H,2H2,1H3. The van der Waals surface area contributed by atoms with Crippen LogP contribution in [0.15, 0.2) is 0 Å². The van der Waals surface area contributed by atoms with E-state index in [0.29, 0.717) is 0 Å². The number of hydrogen-bond acceptors (Lipinski definition) is 3. The first-order chi connectivity index (χ1) is 3.83. The highest BCUT2D eigenvalue weighted by Gasteiger charge is 2.16. The van der Waals surface area contributed by atoms with E-state index in [0.717, 1.165) is 6.42 Å². The van der Waals surface area contributed by atoms with E-state index in [9.17, 15) is 0 Å². The number of nitriles is 1. The van der Waals surface area contributed by atoms with Gasteiger partial charge in [0, 0.05) is 13.6 Å². The van der Waals surface area contributed by atoms with Gasteiger partial charge in [0.2, 0.25) is 0 Å². The molecular weight excluding hydrogens is 102 g/mol. The van der Waals surface area contributed by atoms with Gasteiger partial charge in [-0.05, 0) is 6.42 Å². The fourth-order valence-corrected chi connectivity index (χ4v) is 0.696. The zero-order chi connectivity index (χ0) is 5.98. The Bertz CT molecular complexity index is 115. The molecule has 0 aromatic carbocycles. The predicted molar refractivity (Wildman–Crippen MR) is 29.2 cm³/mol. The number of nitrogens with one attached hydrogen (secondary N) is 1. The molecule has 0 saturated carbocycles. The topological polar surface area (TPSA) is 39.1 Å². The average Bonchev–Trinajstić information content (AvgIpc) is 2.14. The minimum atomic E-state index is -0.000000000000000222. The molecule has 3 nitrogen and oxygen atoms in total. The largest absolute Gasteiger partial charge is 0.241 e. The Balaban J connectivity index is 2.35. The zero-order valence-corrected chi connectivity index (χ0v) is 4.76. The van der Waals surface area contributed by atoms with Crippen molar-refractivity contribution in [1.82, 2.24) is 10.4 Å². The van der Waals surface area contributed by atoms with Crippen LogP contribution in [-0.2, 0) is 0 Å². The third kappa shape index (κ3) is 0.971. The fraction of sp³-hybridized carbons (Fsp3) is 0.600. The molecule has 0 aromatic heterocycles. The summed E-state index contributed by atoms with van der Waals surface area (Å²) >= 11 is 0. The Labute approximate surface area is 48.9 Å². The van der Waals surface area contributed by atoms with Crippen molar-refractivity contribution in [1.29, 1.82) is 5.26 Å². The molecule has 8 heavy (non-hydrogen) atoms. The van der Waals surface area contributed by atoms with Crippen LogP contribution in [0, 0.1) is 17.9 Å². The van der Waals surface area contributed by atoms with E-state index in [2.05, 4.69) is 11.5 Å². The quantitative estimate of drug-likeness (QED) is 0.472. The first-order valence-electron chi connectivity index (χ1n) is 2.55. The summed E-state index contributed by atoms with van der Waals surface area (Å²) in [6.07, 6.45) is 0.826. The Morgan fingerprint density at radius 1 is 2.00 bits per heavy atom. The maximum Gasteiger partial charge on any atom is 0.110 e. The highest BCUT2D eigenvalue weighted by atomic mass is 15.5. The molecule has 1 rings (SSSR count). The maximum absolute atomic E-state index is 8.32. The van der Waals surface area contributed by atoms with Crippen LogP contribution in [0.3, 0.4) is 0 Å². The van der Waals surface area contributed by atoms with E-state index in [1.165, 1.54) is 0 Å². The first-order valence-corrected chi connectivity index (χ1v) is 2.55. The normalized spacial score (nSPS) is 30.2. The first kappa shape index (κ1) is 5.54. The average molecular weight is 110 g/mol. The smallest absolute Gasteiger partial charge is 0.110 e. The van der Waals surface area contributed by atoms with Gasteiger partial charge in [0.1, 0.15) is 6.04 Å². The van der Waals surface area contributed by atoms with Gasteiger partial charge < -0.3 is 0 Å². The predicted octanol–water partition coefficient (Wildman–Crippen LogP) is -0.120. The van der Waals surface area contributed by atoms with Gasteiger partial charge in [-0.1, -0.05) is 0 Å². The molecule has 1 heterocycles. The van der Waals surface area contributed by atoms with Crippen molar-refractivity contribution in [2.75, 3.05) is 7.05 Å². The Morgan fingerprint density at radius 2 is 2.75 bits per heavy atom. The van der Waals surface area contributed by atoms with Gasteiger partial charge in [0.25, 0.3) is 0 Å². The molecule has 43 valence electrons. The van der Waals surface area contributed by atoms with Crippen molar-refractivity contribution in [3.05, 3.63) is 6.54 Å². The molecule has 0 spiro atoms. The van der Waals surface area contributed by atoms with E-state index in [4.69, 9.17) is 5.26 Å². The van der Waals surface area contributed by atoms with Crippen LogP contribution in [0.2, 0.25) is 0 Å². The van der Waals surface area contributed by atoms with Crippen LogP contribution in [0.1, 0.15) is 6.42 Å². The van der Waals surface area contributed by atoms with E-state index >= 15 is 0 Å². The van der Waals surface area contributed by atoms with Crippen LogP contribution >= 0.6 is 0 Å². The Hall–Kier alpha value is -0.590. The molecule has 0 amide bonds. The summed E-state index contributed by atoms with van der Waals surface area (Å²) in [4.78, 5) is 0. The highest BCUT2D eigenvalue weighted by molar-refractivity contribution is 4.96. The third-order valence-electron chi connectivity index (χ3n) is 1.13. The van der Waals surface area contributed by atoms with Gasteiger partial charge in [0.15, 0.2) is 0 Å². The van der Waals surface area contributed by atoms with Crippen molar-refractivity contribution in [2.24, 2.45) is 0 Å². The lowest BCUT2D eigenvalue weighted by Crippen LogP contribution is -2.29. The van der Waals surface area contributed by atoms with E-state index in [-0.39, 0.29) is 6.04 Å². The van der Waals surface area contributed by atoms with E-state index < -0.39 is 0 Å². The summed E-state index contributed by atoms with van der Waals surface area (Å²) < 4.78 is 0. The SMILES string of the molecule is CN1[CH]CC(C#N)N1. The lowest BCUT2D eigenvalue weighted by Gasteiger charge is -2.04. The molecule has 1 aliphatic heterocycles. The summed E-state index contributed by atoms with van der Waals surface area (Å²) in [5.41, 5.74) is 2.92. The lowest BCUT2D eigenvalue weighted by molar-refractivity contribution is 0.342. The molecule has 1 fully saturated rings. The summed E-state index contributed by atoms with van der Waals surface area (Å²) in [6.45, 7) is 1.95. The highest BCUT2D eigenvalue weighted by Crippen LogP contribution is 2.04. The molecule has 1 saturated heterocycles. The van der Waals surface area contributed by atoms with Gasteiger partial charge in [-0.25, -0.2) is 10.4 Å². The molecule has 1 N–H and O–H groups in total. The zero-order valence-electron chi connectivity index (χ0n) is 4.76. The van der Waals surface area contributed by atoms with Crippen molar-refractivity contribution in [3.8, 4) is 6.07 Å². The van der Waals surface area contributed by atoms with Gasteiger partial charge >= 0.3 is 0 Å². The second-order valence-corrected chi connectivity index (χ2v) is 1.84. The fourth-order valence-electron chi connectivity index (χ4n) is 0.696. The summed E-state index contributed by atoms with van der Waals surface area (Å²) in [6, 6.07) is 2.11.